The summed E-state index contributed by atoms with van der Waals surface area (Å²) in [6.45, 7) is 2.63. The molecule has 1 aliphatic rings. The first-order valence-corrected chi connectivity index (χ1v) is 5.73. The van der Waals surface area contributed by atoms with E-state index in [1.165, 1.54) is 25.7 Å². The molecule has 1 aliphatic carbocycles. The van der Waals surface area contributed by atoms with Crippen LogP contribution in [0, 0.1) is 5.92 Å². The third-order valence-corrected chi connectivity index (χ3v) is 3.01. The normalized spacial score (nSPS) is 20.6. The summed E-state index contributed by atoms with van der Waals surface area (Å²) in [6.07, 6.45) is 5.33. The molecule has 2 N–H and O–H groups in total. The number of nitrogens with one attached hydrogen (secondary N) is 1. The Balaban J connectivity index is 2.10. The molecule has 0 spiro atoms. The zero-order valence-corrected chi connectivity index (χ0v) is 9.50. The number of aliphatic hydroxyl groups is 1. The molecule has 0 radical (unpaired) electrons. The number of aliphatic hydroxyl groups excluding tert-OH is 1. The van der Waals surface area contributed by atoms with Gasteiger partial charge in [-0.1, -0.05) is 12.8 Å². The van der Waals surface area contributed by atoms with E-state index in [0.29, 0.717) is 6.54 Å². The average Bonchev–Trinajstić information content (AvgIpc) is 2.56. The van der Waals surface area contributed by atoms with Gasteiger partial charge in [-0.25, -0.2) is 0 Å². The number of nitrogens with zero attached hydrogens (tertiary/aromatic N) is 1. The van der Waals surface area contributed by atoms with Crippen LogP contribution >= 0.6 is 0 Å². The van der Waals surface area contributed by atoms with Crippen LogP contribution in [0.15, 0.2) is 0 Å². The summed E-state index contributed by atoms with van der Waals surface area (Å²) in [5.74, 6) is 0.877. The molecule has 0 bridgehead atoms. The monoisotopic (exact) mass is 200 g/mol. The Morgan fingerprint density at radius 2 is 2.07 bits per heavy atom. The number of likely N-dealkylation sites (N-methyl/N-ethyl adjacent to an activating group) is 2. The number of hydrogen-bond donors (Lipinski definition) is 2. The zero-order valence-electron chi connectivity index (χ0n) is 9.50. The molecule has 1 saturated carbocycles. The van der Waals surface area contributed by atoms with Crippen LogP contribution in [0.1, 0.15) is 25.7 Å². The second-order valence-corrected chi connectivity index (χ2v) is 4.58. The molecule has 1 rings (SSSR count). The van der Waals surface area contributed by atoms with Crippen molar-refractivity contribution >= 4 is 0 Å². The highest BCUT2D eigenvalue weighted by atomic mass is 16.3. The van der Waals surface area contributed by atoms with E-state index in [-0.39, 0.29) is 6.10 Å². The van der Waals surface area contributed by atoms with Crippen LogP contribution in [0.4, 0.5) is 0 Å². The first kappa shape index (κ1) is 12.0. The van der Waals surface area contributed by atoms with Crippen molar-refractivity contribution in [3.05, 3.63) is 0 Å². The summed E-state index contributed by atoms with van der Waals surface area (Å²) in [5.41, 5.74) is 0. The maximum atomic E-state index is 9.59. The molecule has 0 saturated heterocycles. The molecule has 3 heteroatoms. The fourth-order valence-corrected chi connectivity index (χ4v) is 2.37. The second-order valence-electron chi connectivity index (χ2n) is 4.58. The van der Waals surface area contributed by atoms with E-state index in [1.807, 2.05) is 7.05 Å². The highest BCUT2D eigenvalue weighted by Gasteiger charge is 2.17. The van der Waals surface area contributed by atoms with Gasteiger partial charge in [-0.3, -0.25) is 0 Å². The van der Waals surface area contributed by atoms with Crippen molar-refractivity contribution in [2.75, 3.05) is 33.7 Å². The van der Waals surface area contributed by atoms with Gasteiger partial charge >= 0.3 is 0 Å². The van der Waals surface area contributed by atoms with Gasteiger partial charge in [0.2, 0.25) is 0 Å². The lowest BCUT2D eigenvalue weighted by atomic mass is 10.1. The fourth-order valence-electron chi connectivity index (χ4n) is 2.37. The third-order valence-electron chi connectivity index (χ3n) is 3.01. The summed E-state index contributed by atoms with van der Waals surface area (Å²) >= 11 is 0. The Morgan fingerprint density at radius 1 is 1.43 bits per heavy atom. The Labute approximate surface area is 87.5 Å². The summed E-state index contributed by atoms with van der Waals surface area (Å²) in [4.78, 5) is 2.26. The summed E-state index contributed by atoms with van der Waals surface area (Å²) in [7, 11) is 3.98. The van der Waals surface area contributed by atoms with Crippen LogP contribution in [0.25, 0.3) is 0 Å². The van der Waals surface area contributed by atoms with Gasteiger partial charge < -0.3 is 15.3 Å². The van der Waals surface area contributed by atoms with Crippen LogP contribution < -0.4 is 5.32 Å². The van der Waals surface area contributed by atoms with Crippen LogP contribution in [0.3, 0.4) is 0 Å². The molecule has 14 heavy (non-hydrogen) atoms. The van der Waals surface area contributed by atoms with Crippen LogP contribution in [-0.2, 0) is 0 Å². The molecule has 0 aromatic heterocycles. The van der Waals surface area contributed by atoms with Crippen LogP contribution in [0.5, 0.6) is 0 Å². The lowest BCUT2D eigenvalue weighted by Gasteiger charge is -2.23. The van der Waals surface area contributed by atoms with Gasteiger partial charge in [-0.15, -0.1) is 0 Å². The largest absolute Gasteiger partial charge is 0.390 e. The van der Waals surface area contributed by atoms with E-state index >= 15 is 0 Å². The van der Waals surface area contributed by atoms with Crippen molar-refractivity contribution in [1.29, 1.82) is 0 Å². The van der Waals surface area contributed by atoms with Gasteiger partial charge in [0.15, 0.2) is 0 Å². The molecular weight excluding hydrogens is 176 g/mol. The summed E-state index contributed by atoms with van der Waals surface area (Å²) in [6, 6.07) is 0. The van der Waals surface area contributed by atoms with E-state index < -0.39 is 0 Å². The van der Waals surface area contributed by atoms with Crippen molar-refractivity contribution in [2.45, 2.75) is 31.8 Å². The van der Waals surface area contributed by atoms with Crippen molar-refractivity contribution < 1.29 is 5.11 Å². The lowest BCUT2D eigenvalue weighted by molar-refractivity contribution is 0.118. The molecular formula is C11H24N2O. The maximum absolute atomic E-state index is 9.59. The van der Waals surface area contributed by atoms with Gasteiger partial charge in [0, 0.05) is 19.6 Å². The highest BCUT2D eigenvalue weighted by Crippen LogP contribution is 2.24. The molecule has 1 fully saturated rings. The number of rotatable bonds is 6. The Morgan fingerprint density at radius 3 is 2.64 bits per heavy atom. The molecule has 0 aromatic carbocycles. The molecule has 0 aliphatic heterocycles. The predicted octanol–water partition coefficient (Wildman–Crippen LogP) is 0.689. The zero-order chi connectivity index (χ0) is 10.4. The molecule has 0 aromatic rings. The topological polar surface area (TPSA) is 35.5 Å². The molecule has 1 atom stereocenters. The molecule has 0 amide bonds. The van der Waals surface area contributed by atoms with Crippen molar-refractivity contribution in [3.8, 4) is 0 Å². The van der Waals surface area contributed by atoms with Crippen molar-refractivity contribution in [1.82, 2.24) is 10.2 Å². The van der Waals surface area contributed by atoms with E-state index in [9.17, 15) is 5.11 Å². The molecule has 0 heterocycles. The van der Waals surface area contributed by atoms with Gasteiger partial charge in [-0.05, 0) is 32.9 Å². The quantitative estimate of drug-likeness (QED) is 0.662. The van der Waals surface area contributed by atoms with E-state index in [1.54, 1.807) is 0 Å². The molecule has 84 valence electrons. The van der Waals surface area contributed by atoms with Gasteiger partial charge in [0.05, 0.1) is 6.10 Å². The standard InChI is InChI=1S/C11H24N2O/c1-12-7-11(14)9-13(2)8-10-5-3-4-6-10/h10-12,14H,3-9H2,1-2H3. The van der Waals surface area contributed by atoms with E-state index in [4.69, 9.17) is 0 Å². The smallest absolute Gasteiger partial charge is 0.0791 e. The van der Waals surface area contributed by atoms with Gasteiger partial charge in [0.25, 0.3) is 0 Å². The minimum Gasteiger partial charge on any atom is -0.390 e. The molecule has 3 nitrogen and oxygen atoms in total. The number of hydrogen-bond acceptors (Lipinski definition) is 3. The minimum atomic E-state index is -0.230. The average molecular weight is 200 g/mol. The second kappa shape index (κ2) is 6.38. The van der Waals surface area contributed by atoms with Gasteiger partial charge in [0.1, 0.15) is 0 Å². The highest BCUT2D eigenvalue weighted by molar-refractivity contribution is 4.72. The predicted molar refractivity (Wildman–Crippen MR) is 59.4 cm³/mol. The van der Waals surface area contributed by atoms with E-state index in [0.717, 1.165) is 19.0 Å². The SMILES string of the molecule is CNCC(O)CN(C)CC1CCCC1. The Bertz CT molecular complexity index is 146. The van der Waals surface area contributed by atoms with Crippen LogP contribution in [-0.4, -0.2) is 49.8 Å². The van der Waals surface area contributed by atoms with Crippen molar-refractivity contribution in [2.24, 2.45) is 5.92 Å². The fraction of sp³-hybridized carbons (Fsp3) is 1.00. The third kappa shape index (κ3) is 4.40. The first-order valence-electron chi connectivity index (χ1n) is 5.73. The Hall–Kier alpha value is -0.120. The minimum absolute atomic E-state index is 0.230. The summed E-state index contributed by atoms with van der Waals surface area (Å²) in [5, 5.41) is 12.6. The Kier molecular flexibility index (Phi) is 5.45. The lowest BCUT2D eigenvalue weighted by Crippen LogP contribution is -2.37. The maximum Gasteiger partial charge on any atom is 0.0791 e. The molecule has 1 unspecified atom stereocenters. The first-order chi connectivity index (χ1) is 6.72. The van der Waals surface area contributed by atoms with Crippen molar-refractivity contribution in [3.63, 3.8) is 0 Å². The van der Waals surface area contributed by atoms with Crippen LogP contribution in [0.2, 0.25) is 0 Å². The van der Waals surface area contributed by atoms with E-state index in [2.05, 4.69) is 17.3 Å². The summed E-state index contributed by atoms with van der Waals surface area (Å²) < 4.78 is 0. The van der Waals surface area contributed by atoms with Gasteiger partial charge in [-0.2, -0.15) is 0 Å².